The average Bonchev–Trinajstić information content (AvgIpc) is 3.34. The minimum atomic E-state index is -0.531. The second-order valence-electron chi connectivity index (χ2n) is 5.88. The van der Waals surface area contributed by atoms with Crippen LogP contribution in [0.25, 0.3) is 10.2 Å². The molecule has 0 saturated heterocycles. The van der Waals surface area contributed by atoms with Crippen LogP contribution < -0.4 is 4.90 Å². The van der Waals surface area contributed by atoms with Crippen molar-refractivity contribution < 1.29 is 18.5 Å². The number of non-ortho nitro benzene ring substituents is 1. The van der Waals surface area contributed by atoms with Crippen LogP contribution in [0.5, 0.6) is 0 Å². The lowest BCUT2D eigenvalue weighted by Gasteiger charge is -2.18. The van der Waals surface area contributed by atoms with Crippen LogP contribution in [0.4, 0.5) is 15.2 Å². The summed E-state index contributed by atoms with van der Waals surface area (Å²) in [5.74, 6) is -0.242. The lowest BCUT2D eigenvalue weighted by molar-refractivity contribution is -0.384. The van der Waals surface area contributed by atoms with Gasteiger partial charge in [0.1, 0.15) is 11.6 Å². The summed E-state index contributed by atoms with van der Waals surface area (Å²) in [5, 5.41) is 11.2. The first-order valence-corrected chi connectivity index (χ1v) is 8.98. The summed E-state index contributed by atoms with van der Waals surface area (Å²) >= 11 is 1.18. The molecule has 0 radical (unpaired) electrons. The molecule has 4 aromatic rings. The Kier molecular flexibility index (Phi) is 4.58. The highest BCUT2D eigenvalue weighted by atomic mass is 32.1. The number of furan rings is 1. The molecule has 4 rings (SSSR count). The first-order valence-electron chi connectivity index (χ1n) is 8.16. The number of fused-ring (bicyclic) bond motifs is 1. The van der Waals surface area contributed by atoms with E-state index in [2.05, 4.69) is 4.98 Å². The van der Waals surface area contributed by atoms with Gasteiger partial charge in [0.15, 0.2) is 5.13 Å². The van der Waals surface area contributed by atoms with Gasteiger partial charge in [0, 0.05) is 17.7 Å². The summed E-state index contributed by atoms with van der Waals surface area (Å²) in [5.41, 5.74) is 0.731. The molecule has 2 aromatic heterocycles. The maximum Gasteiger partial charge on any atom is 0.269 e. The lowest BCUT2D eigenvalue weighted by Crippen LogP contribution is -2.30. The Morgan fingerprint density at radius 3 is 2.68 bits per heavy atom. The first kappa shape index (κ1) is 17.8. The second kappa shape index (κ2) is 7.20. The summed E-state index contributed by atoms with van der Waals surface area (Å²) in [4.78, 5) is 29.2. The van der Waals surface area contributed by atoms with E-state index in [1.807, 2.05) is 0 Å². The van der Waals surface area contributed by atoms with Gasteiger partial charge in [-0.15, -0.1) is 0 Å². The largest absolute Gasteiger partial charge is 0.467 e. The normalized spacial score (nSPS) is 10.9. The zero-order valence-corrected chi connectivity index (χ0v) is 15.1. The summed E-state index contributed by atoms with van der Waals surface area (Å²) < 4.78 is 19.5. The molecule has 2 aromatic carbocycles. The van der Waals surface area contributed by atoms with E-state index in [0.717, 1.165) is 0 Å². The smallest absolute Gasteiger partial charge is 0.269 e. The van der Waals surface area contributed by atoms with Crippen LogP contribution in [-0.4, -0.2) is 15.8 Å². The van der Waals surface area contributed by atoms with Gasteiger partial charge in [-0.3, -0.25) is 19.8 Å². The maximum atomic E-state index is 13.5. The molecule has 0 unspecified atom stereocenters. The molecule has 0 saturated carbocycles. The predicted octanol–water partition coefficient (Wildman–Crippen LogP) is 4.78. The number of hydrogen-bond acceptors (Lipinski definition) is 6. The Balaban J connectivity index is 1.73. The van der Waals surface area contributed by atoms with Crippen LogP contribution in [0.3, 0.4) is 0 Å². The molecule has 0 atom stereocenters. The molecular formula is C19H12FN3O4S. The predicted molar refractivity (Wildman–Crippen MR) is 102 cm³/mol. The van der Waals surface area contributed by atoms with Crippen molar-refractivity contribution in [3.8, 4) is 0 Å². The minimum Gasteiger partial charge on any atom is -0.467 e. The molecule has 9 heteroatoms. The van der Waals surface area contributed by atoms with Gasteiger partial charge in [0.05, 0.1) is 27.9 Å². The fourth-order valence-corrected chi connectivity index (χ4v) is 3.66. The highest BCUT2D eigenvalue weighted by Gasteiger charge is 2.23. The van der Waals surface area contributed by atoms with Crippen molar-refractivity contribution in [2.75, 3.05) is 4.90 Å². The number of nitro groups is 1. The highest BCUT2D eigenvalue weighted by Crippen LogP contribution is 2.31. The van der Waals surface area contributed by atoms with Crippen molar-refractivity contribution in [1.82, 2.24) is 4.98 Å². The SMILES string of the molecule is O=C(c1ccc([N+](=O)[O-])cc1)N(Cc1ccco1)c1nc2ccc(F)cc2s1. The number of anilines is 1. The number of rotatable bonds is 5. The van der Waals surface area contributed by atoms with E-state index < -0.39 is 10.8 Å². The molecular weight excluding hydrogens is 385 g/mol. The van der Waals surface area contributed by atoms with Crippen molar-refractivity contribution in [2.45, 2.75) is 6.54 Å². The summed E-state index contributed by atoms with van der Waals surface area (Å²) in [6, 6.07) is 13.0. The van der Waals surface area contributed by atoms with Crippen LogP contribution in [0.2, 0.25) is 0 Å². The van der Waals surface area contributed by atoms with Gasteiger partial charge in [-0.25, -0.2) is 9.37 Å². The fraction of sp³-hybridized carbons (Fsp3) is 0.0526. The zero-order chi connectivity index (χ0) is 19.7. The summed E-state index contributed by atoms with van der Waals surface area (Å²) in [7, 11) is 0. The van der Waals surface area contributed by atoms with E-state index in [1.54, 1.807) is 18.2 Å². The van der Waals surface area contributed by atoms with Crippen LogP contribution in [0, 0.1) is 15.9 Å². The number of aromatic nitrogens is 1. The van der Waals surface area contributed by atoms with E-state index in [-0.39, 0.29) is 23.6 Å². The molecule has 1 amide bonds. The molecule has 0 aliphatic carbocycles. The topological polar surface area (TPSA) is 89.5 Å². The van der Waals surface area contributed by atoms with Crippen molar-refractivity contribution in [2.24, 2.45) is 0 Å². The highest BCUT2D eigenvalue weighted by molar-refractivity contribution is 7.22. The molecule has 7 nitrogen and oxygen atoms in total. The Bertz CT molecular complexity index is 1160. The average molecular weight is 397 g/mol. The third kappa shape index (κ3) is 3.47. The van der Waals surface area contributed by atoms with Gasteiger partial charge >= 0.3 is 0 Å². The minimum absolute atomic E-state index is 0.107. The summed E-state index contributed by atoms with van der Waals surface area (Å²) in [6.07, 6.45) is 1.50. The molecule has 140 valence electrons. The molecule has 0 spiro atoms. The van der Waals surface area contributed by atoms with Crippen molar-refractivity contribution in [3.05, 3.63) is 88.1 Å². The van der Waals surface area contributed by atoms with E-state index in [1.165, 1.54) is 58.9 Å². The van der Waals surface area contributed by atoms with Crippen molar-refractivity contribution in [3.63, 3.8) is 0 Å². The molecule has 0 fully saturated rings. The lowest BCUT2D eigenvalue weighted by atomic mass is 10.2. The Hall–Kier alpha value is -3.59. The number of amides is 1. The first-order chi connectivity index (χ1) is 13.5. The number of carbonyl (C=O) groups excluding carboxylic acids is 1. The van der Waals surface area contributed by atoms with Crippen molar-refractivity contribution in [1.29, 1.82) is 0 Å². The third-order valence-electron chi connectivity index (χ3n) is 4.03. The van der Waals surface area contributed by atoms with Crippen LogP contribution in [0.15, 0.2) is 65.3 Å². The molecule has 28 heavy (non-hydrogen) atoms. The van der Waals surface area contributed by atoms with Gasteiger partial charge in [-0.2, -0.15) is 0 Å². The number of nitro benzene ring substituents is 1. The van der Waals surface area contributed by atoms with Gasteiger partial charge < -0.3 is 4.42 Å². The van der Waals surface area contributed by atoms with E-state index in [0.29, 0.717) is 21.1 Å². The maximum absolute atomic E-state index is 13.5. The van der Waals surface area contributed by atoms with Gasteiger partial charge in [0.2, 0.25) is 0 Å². The molecule has 0 aliphatic rings. The monoisotopic (exact) mass is 397 g/mol. The number of halogens is 1. The van der Waals surface area contributed by atoms with Crippen LogP contribution in [-0.2, 0) is 6.54 Å². The molecule has 0 bridgehead atoms. The molecule has 2 heterocycles. The summed E-state index contributed by atoms with van der Waals surface area (Å²) in [6.45, 7) is 0.116. The van der Waals surface area contributed by atoms with E-state index in [9.17, 15) is 19.3 Å². The number of thiazole rings is 1. The van der Waals surface area contributed by atoms with Crippen molar-refractivity contribution >= 4 is 38.3 Å². The quantitative estimate of drug-likeness (QED) is 0.357. The van der Waals surface area contributed by atoms with Crippen LogP contribution >= 0.6 is 11.3 Å². The third-order valence-corrected chi connectivity index (χ3v) is 5.08. The van der Waals surface area contributed by atoms with Gasteiger partial charge in [-0.05, 0) is 42.5 Å². The number of nitrogens with zero attached hydrogens (tertiary/aromatic N) is 3. The number of carbonyl (C=O) groups is 1. The van der Waals surface area contributed by atoms with E-state index >= 15 is 0 Å². The molecule has 0 aliphatic heterocycles. The van der Waals surface area contributed by atoms with Gasteiger partial charge in [-0.1, -0.05) is 11.3 Å². The number of benzene rings is 2. The van der Waals surface area contributed by atoms with Crippen LogP contribution in [0.1, 0.15) is 16.1 Å². The fourth-order valence-electron chi connectivity index (χ4n) is 2.67. The Labute approximate surface area is 161 Å². The van der Waals surface area contributed by atoms with Gasteiger partial charge in [0.25, 0.3) is 11.6 Å². The second-order valence-corrected chi connectivity index (χ2v) is 6.89. The number of hydrogen-bond donors (Lipinski definition) is 0. The zero-order valence-electron chi connectivity index (χ0n) is 14.2. The Morgan fingerprint density at radius 1 is 1.21 bits per heavy atom. The van der Waals surface area contributed by atoms with E-state index in [4.69, 9.17) is 4.42 Å². The molecule has 0 N–H and O–H groups in total. The Morgan fingerprint density at radius 2 is 2.00 bits per heavy atom. The standard InChI is InChI=1S/C19H12FN3O4S/c20-13-5-8-16-17(10-13)28-19(21-16)22(11-15-2-1-9-27-15)18(24)12-3-6-14(7-4-12)23(25)26/h1-10H,11H2.